The molecular formula is C22H38O5. The van der Waals surface area contributed by atoms with Crippen LogP contribution >= 0.6 is 0 Å². The van der Waals surface area contributed by atoms with Gasteiger partial charge >= 0.3 is 5.97 Å². The van der Waals surface area contributed by atoms with E-state index >= 15 is 0 Å². The van der Waals surface area contributed by atoms with E-state index in [4.69, 9.17) is 4.74 Å². The molecule has 4 unspecified atom stereocenters. The number of ether oxygens (including phenoxy) is 2. The van der Waals surface area contributed by atoms with E-state index in [2.05, 4.69) is 17.7 Å². The summed E-state index contributed by atoms with van der Waals surface area (Å²) in [5.74, 6) is -0.131. The van der Waals surface area contributed by atoms with Crippen molar-refractivity contribution in [3.8, 4) is 0 Å². The average molecular weight is 383 g/mol. The number of esters is 1. The highest BCUT2D eigenvalue weighted by Crippen LogP contribution is 2.34. The van der Waals surface area contributed by atoms with Gasteiger partial charge in [0.25, 0.3) is 0 Å². The fourth-order valence-corrected chi connectivity index (χ4v) is 3.83. The second-order valence-corrected chi connectivity index (χ2v) is 7.61. The minimum Gasteiger partial charge on any atom is -0.469 e. The van der Waals surface area contributed by atoms with E-state index in [1.807, 2.05) is 6.08 Å². The molecule has 0 aromatic carbocycles. The molecule has 1 aliphatic carbocycles. The van der Waals surface area contributed by atoms with Gasteiger partial charge in [-0.1, -0.05) is 51.2 Å². The number of carbonyl (C=O) groups is 2. The van der Waals surface area contributed by atoms with Gasteiger partial charge in [-0.25, -0.2) is 0 Å². The van der Waals surface area contributed by atoms with Gasteiger partial charge in [-0.3, -0.25) is 9.59 Å². The zero-order chi connectivity index (χ0) is 20.1. The van der Waals surface area contributed by atoms with Crippen molar-refractivity contribution in [2.45, 2.75) is 89.8 Å². The Bertz CT molecular complexity index is 460. The molecule has 0 aliphatic heterocycles. The third-order valence-electron chi connectivity index (χ3n) is 5.58. The summed E-state index contributed by atoms with van der Waals surface area (Å²) in [6.45, 7) is 2.17. The number of aliphatic hydroxyl groups excluding tert-OH is 1. The highest BCUT2D eigenvalue weighted by atomic mass is 16.5. The van der Waals surface area contributed by atoms with Crippen LogP contribution in [0.3, 0.4) is 0 Å². The highest BCUT2D eigenvalue weighted by Gasteiger charge is 2.39. The molecule has 27 heavy (non-hydrogen) atoms. The number of hydrogen-bond acceptors (Lipinski definition) is 5. The maximum Gasteiger partial charge on any atom is 0.305 e. The lowest BCUT2D eigenvalue weighted by Crippen LogP contribution is -2.19. The fraction of sp³-hybridized carbons (Fsp3) is 0.818. The molecular weight excluding hydrogens is 344 g/mol. The van der Waals surface area contributed by atoms with Crippen molar-refractivity contribution in [3.63, 3.8) is 0 Å². The Hall–Kier alpha value is -1.20. The first-order valence-corrected chi connectivity index (χ1v) is 10.5. The lowest BCUT2D eigenvalue weighted by Gasteiger charge is -2.18. The molecule has 0 bridgehead atoms. The number of unbranched alkanes of at least 4 members (excludes halogenated alkanes) is 4. The maximum absolute atomic E-state index is 12.3. The third-order valence-corrected chi connectivity index (χ3v) is 5.58. The Morgan fingerprint density at radius 2 is 1.96 bits per heavy atom. The summed E-state index contributed by atoms with van der Waals surface area (Å²) in [7, 11) is 3.15. The van der Waals surface area contributed by atoms with Crippen molar-refractivity contribution in [1.82, 2.24) is 0 Å². The summed E-state index contributed by atoms with van der Waals surface area (Å²) in [4.78, 5) is 23.4. The van der Waals surface area contributed by atoms with E-state index in [1.54, 1.807) is 7.11 Å². The number of aliphatic hydroxyl groups is 1. The van der Waals surface area contributed by atoms with Gasteiger partial charge in [-0.05, 0) is 25.7 Å². The molecule has 1 aliphatic rings. The number of methoxy groups -OCH3 is 2. The van der Waals surface area contributed by atoms with Crippen LogP contribution in [0.4, 0.5) is 0 Å². The molecule has 1 N–H and O–H groups in total. The predicted octanol–water partition coefficient (Wildman–Crippen LogP) is 4.22. The number of Topliss-reactive ketones (excluding diaryl/α,β-unsaturated/α-hetero) is 1. The van der Waals surface area contributed by atoms with Crippen LogP contribution in [0, 0.1) is 11.8 Å². The molecule has 156 valence electrons. The molecule has 0 aromatic heterocycles. The second kappa shape index (κ2) is 13.9. The number of rotatable bonds is 14. The molecule has 1 rings (SSSR count). The van der Waals surface area contributed by atoms with E-state index in [0.29, 0.717) is 6.42 Å². The summed E-state index contributed by atoms with van der Waals surface area (Å²) in [5.41, 5.74) is 0. The van der Waals surface area contributed by atoms with Crippen molar-refractivity contribution in [3.05, 3.63) is 12.2 Å². The monoisotopic (exact) mass is 382 g/mol. The minimum absolute atomic E-state index is 0.0729. The SMILES string of the molecule is CCCCC(CC=CC1C(O)CC(=O)C1CCCCCCC(=O)OC)OC. The van der Waals surface area contributed by atoms with E-state index in [-0.39, 0.29) is 36.1 Å². The van der Waals surface area contributed by atoms with Crippen LogP contribution in [-0.4, -0.2) is 43.3 Å². The van der Waals surface area contributed by atoms with Gasteiger partial charge in [-0.2, -0.15) is 0 Å². The van der Waals surface area contributed by atoms with Crippen LogP contribution in [0.2, 0.25) is 0 Å². The molecule has 1 fully saturated rings. The van der Waals surface area contributed by atoms with Gasteiger partial charge in [-0.15, -0.1) is 0 Å². The molecule has 0 spiro atoms. The minimum atomic E-state index is -0.560. The normalized spacial score (nSPS) is 23.9. The molecule has 0 heterocycles. The van der Waals surface area contributed by atoms with Crippen molar-refractivity contribution in [1.29, 1.82) is 0 Å². The first-order valence-electron chi connectivity index (χ1n) is 10.5. The van der Waals surface area contributed by atoms with Crippen LogP contribution in [0.15, 0.2) is 12.2 Å². The quantitative estimate of drug-likeness (QED) is 0.277. The molecule has 0 amide bonds. The summed E-state index contributed by atoms with van der Waals surface area (Å²) in [5, 5.41) is 10.3. The average Bonchev–Trinajstić information content (AvgIpc) is 2.93. The Morgan fingerprint density at radius 3 is 2.63 bits per heavy atom. The van der Waals surface area contributed by atoms with Crippen LogP contribution in [0.5, 0.6) is 0 Å². The number of ketones is 1. The van der Waals surface area contributed by atoms with Gasteiger partial charge in [0.15, 0.2) is 0 Å². The molecule has 0 aromatic rings. The van der Waals surface area contributed by atoms with Gasteiger partial charge in [0.05, 0.1) is 19.3 Å². The number of hydrogen-bond donors (Lipinski definition) is 1. The first-order chi connectivity index (χ1) is 13.0. The van der Waals surface area contributed by atoms with E-state index in [0.717, 1.165) is 57.8 Å². The molecule has 5 nitrogen and oxygen atoms in total. The zero-order valence-electron chi connectivity index (χ0n) is 17.3. The molecule has 0 saturated heterocycles. The Morgan fingerprint density at radius 1 is 1.22 bits per heavy atom. The Labute approximate surface area is 164 Å². The standard InChI is InChI=1S/C22H38O5/c1-4-5-11-17(26-2)12-10-14-19-18(20(23)16-21(19)24)13-8-6-7-9-15-22(25)27-3/h10,14,17-19,21,24H,4-9,11-13,15-16H2,1-3H3. The van der Waals surface area contributed by atoms with Crippen molar-refractivity contribution in [2.75, 3.05) is 14.2 Å². The molecule has 0 radical (unpaired) electrons. The van der Waals surface area contributed by atoms with Crippen LogP contribution in [-0.2, 0) is 19.1 Å². The summed E-state index contributed by atoms with van der Waals surface area (Å²) >= 11 is 0. The zero-order valence-corrected chi connectivity index (χ0v) is 17.3. The smallest absolute Gasteiger partial charge is 0.305 e. The first kappa shape index (κ1) is 23.8. The van der Waals surface area contributed by atoms with Gasteiger partial charge in [0, 0.05) is 31.8 Å². The van der Waals surface area contributed by atoms with Crippen LogP contribution in [0.25, 0.3) is 0 Å². The largest absolute Gasteiger partial charge is 0.469 e. The van der Waals surface area contributed by atoms with Crippen LogP contribution in [0.1, 0.15) is 77.6 Å². The third kappa shape index (κ3) is 9.02. The van der Waals surface area contributed by atoms with Crippen LogP contribution < -0.4 is 0 Å². The maximum atomic E-state index is 12.3. The molecule has 5 heteroatoms. The second-order valence-electron chi connectivity index (χ2n) is 7.61. The predicted molar refractivity (Wildman–Crippen MR) is 106 cm³/mol. The Balaban J connectivity index is 2.39. The van der Waals surface area contributed by atoms with Gasteiger partial charge < -0.3 is 14.6 Å². The highest BCUT2D eigenvalue weighted by molar-refractivity contribution is 5.84. The van der Waals surface area contributed by atoms with Crippen molar-refractivity contribution in [2.24, 2.45) is 11.8 Å². The Kier molecular flexibility index (Phi) is 12.3. The van der Waals surface area contributed by atoms with E-state index in [9.17, 15) is 14.7 Å². The molecule has 4 atom stereocenters. The van der Waals surface area contributed by atoms with Gasteiger partial charge in [0.2, 0.25) is 0 Å². The van der Waals surface area contributed by atoms with Gasteiger partial charge in [0.1, 0.15) is 5.78 Å². The summed E-state index contributed by atoms with van der Waals surface area (Å²) in [6, 6.07) is 0. The lowest BCUT2D eigenvalue weighted by atomic mass is 9.88. The van der Waals surface area contributed by atoms with E-state index < -0.39 is 6.10 Å². The lowest BCUT2D eigenvalue weighted by molar-refractivity contribution is -0.140. The topological polar surface area (TPSA) is 72.8 Å². The fourth-order valence-electron chi connectivity index (χ4n) is 3.83. The number of carbonyl (C=O) groups excluding carboxylic acids is 2. The summed E-state index contributed by atoms with van der Waals surface area (Å²) < 4.78 is 10.1. The summed E-state index contributed by atoms with van der Waals surface area (Å²) in [6.07, 6.45) is 13.2. The molecule has 1 saturated carbocycles. The van der Waals surface area contributed by atoms with E-state index in [1.165, 1.54) is 7.11 Å². The van der Waals surface area contributed by atoms with Crippen molar-refractivity contribution >= 4 is 11.8 Å². The van der Waals surface area contributed by atoms with Crippen molar-refractivity contribution < 1.29 is 24.2 Å².